The van der Waals surface area contributed by atoms with Gasteiger partial charge in [-0.1, -0.05) is 18.2 Å². The Hall–Kier alpha value is -2.22. The lowest BCUT2D eigenvalue weighted by Crippen LogP contribution is -2.21. The number of hydrogen-bond acceptors (Lipinski definition) is 1. The fourth-order valence-electron chi connectivity index (χ4n) is 3.84. The van der Waals surface area contributed by atoms with Gasteiger partial charge in [-0.3, -0.25) is 0 Å². The standard InChI is InChI=1S/C20H22N2/c1-4-22(5-2)14-10-13(3)16-12-19-20(17(16)11-14)15-8-6-7-9-18(15)21-19/h6-11,21H,4-5,12H2,1-3H3. The number of nitrogens with zero attached hydrogens (tertiary/aromatic N) is 1. The first-order valence-electron chi connectivity index (χ1n) is 8.21. The maximum atomic E-state index is 3.61. The van der Waals surface area contributed by atoms with Gasteiger partial charge in [-0.25, -0.2) is 0 Å². The highest BCUT2D eigenvalue weighted by Gasteiger charge is 2.25. The summed E-state index contributed by atoms with van der Waals surface area (Å²) in [7, 11) is 0. The second-order valence-electron chi connectivity index (χ2n) is 6.16. The lowest BCUT2D eigenvalue weighted by Gasteiger charge is -2.23. The molecule has 1 aliphatic carbocycles. The molecule has 1 heterocycles. The molecule has 0 amide bonds. The Morgan fingerprint density at radius 3 is 2.64 bits per heavy atom. The zero-order chi connectivity index (χ0) is 15.3. The van der Waals surface area contributed by atoms with Gasteiger partial charge in [0.2, 0.25) is 0 Å². The van der Waals surface area contributed by atoms with Crippen molar-refractivity contribution >= 4 is 16.6 Å². The molecule has 0 atom stereocenters. The zero-order valence-corrected chi connectivity index (χ0v) is 13.5. The monoisotopic (exact) mass is 290 g/mol. The van der Waals surface area contributed by atoms with Crippen LogP contribution >= 0.6 is 0 Å². The minimum atomic E-state index is 1.03. The molecule has 2 aromatic carbocycles. The molecule has 1 N–H and O–H groups in total. The largest absolute Gasteiger partial charge is 0.372 e. The van der Waals surface area contributed by atoms with Crippen LogP contribution in [0.1, 0.15) is 30.7 Å². The molecule has 22 heavy (non-hydrogen) atoms. The van der Waals surface area contributed by atoms with Gasteiger partial charge in [-0.15, -0.1) is 0 Å². The van der Waals surface area contributed by atoms with Crippen LogP contribution in [0.4, 0.5) is 5.69 Å². The number of H-pyrrole nitrogens is 1. The van der Waals surface area contributed by atoms with E-state index in [4.69, 9.17) is 0 Å². The molecule has 2 heteroatoms. The first-order chi connectivity index (χ1) is 10.7. The van der Waals surface area contributed by atoms with Crippen molar-refractivity contribution < 1.29 is 0 Å². The average molecular weight is 290 g/mol. The van der Waals surface area contributed by atoms with Gasteiger partial charge in [0.1, 0.15) is 0 Å². The molecule has 0 saturated heterocycles. The zero-order valence-electron chi connectivity index (χ0n) is 13.5. The lowest BCUT2D eigenvalue weighted by molar-refractivity contribution is 0.865. The predicted octanol–water partition coefficient (Wildman–Crippen LogP) is 4.89. The van der Waals surface area contributed by atoms with Crippen molar-refractivity contribution in [1.82, 2.24) is 4.98 Å². The van der Waals surface area contributed by atoms with Crippen LogP contribution in [0.3, 0.4) is 0 Å². The maximum Gasteiger partial charge on any atom is 0.0462 e. The summed E-state index contributed by atoms with van der Waals surface area (Å²) < 4.78 is 0. The number of para-hydroxylation sites is 1. The smallest absolute Gasteiger partial charge is 0.0462 e. The number of aryl methyl sites for hydroxylation is 1. The molecular formula is C20H22N2. The fraction of sp³-hybridized carbons (Fsp3) is 0.300. The molecule has 0 saturated carbocycles. The van der Waals surface area contributed by atoms with Crippen LogP contribution in [0, 0.1) is 6.92 Å². The average Bonchev–Trinajstić information content (AvgIpc) is 3.05. The van der Waals surface area contributed by atoms with Crippen molar-refractivity contribution in [3.63, 3.8) is 0 Å². The van der Waals surface area contributed by atoms with E-state index >= 15 is 0 Å². The number of rotatable bonds is 3. The van der Waals surface area contributed by atoms with Gasteiger partial charge in [-0.05, 0) is 55.7 Å². The van der Waals surface area contributed by atoms with Crippen LogP contribution in [0.5, 0.6) is 0 Å². The van der Waals surface area contributed by atoms with Crippen LogP contribution < -0.4 is 4.90 Å². The molecule has 112 valence electrons. The minimum Gasteiger partial charge on any atom is -0.372 e. The van der Waals surface area contributed by atoms with Gasteiger partial charge < -0.3 is 9.88 Å². The van der Waals surface area contributed by atoms with Crippen LogP contribution in [0.25, 0.3) is 22.0 Å². The number of hydrogen-bond donors (Lipinski definition) is 1. The third kappa shape index (κ3) is 1.80. The summed E-state index contributed by atoms with van der Waals surface area (Å²) in [5.74, 6) is 0. The number of anilines is 1. The van der Waals surface area contributed by atoms with Crippen molar-refractivity contribution in [3.05, 3.63) is 53.2 Å². The van der Waals surface area contributed by atoms with Crippen molar-refractivity contribution in [2.75, 3.05) is 18.0 Å². The number of aromatic nitrogens is 1. The van der Waals surface area contributed by atoms with Gasteiger partial charge in [0.25, 0.3) is 0 Å². The first kappa shape index (κ1) is 13.4. The van der Waals surface area contributed by atoms with Crippen LogP contribution in [-0.2, 0) is 6.42 Å². The van der Waals surface area contributed by atoms with Crippen LogP contribution in [0.2, 0.25) is 0 Å². The molecule has 2 nitrogen and oxygen atoms in total. The number of benzene rings is 2. The predicted molar refractivity (Wildman–Crippen MR) is 94.8 cm³/mol. The van der Waals surface area contributed by atoms with Gasteiger partial charge in [0.05, 0.1) is 0 Å². The Labute approximate surface area is 131 Å². The normalized spacial score (nSPS) is 12.5. The molecule has 0 aliphatic heterocycles. The Balaban J connectivity index is 1.96. The second-order valence-corrected chi connectivity index (χ2v) is 6.16. The summed E-state index contributed by atoms with van der Waals surface area (Å²) in [4.78, 5) is 6.04. The molecule has 0 radical (unpaired) electrons. The summed E-state index contributed by atoms with van der Waals surface area (Å²) in [6.07, 6.45) is 1.03. The molecular weight excluding hydrogens is 268 g/mol. The van der Waals surface area contributed by atoms with E-state index in [1.54, 1.807) is 0 Å². The molecule has 1 aliphatic rings. The Bertz CT molecular complexity index is 854. The Morgan fingerprint density at radius 2 is 1.86 bits per heavy atom. The first-order valence-corrected chi connectivity index (χ1v) is 8.21. The molecule has 0 fully saturated rings. The van der Waals surface area contributed by atoms with Crippen LogP contribution in [-0.4, -0.2) is 18.1 Å². The van der Waals surface area contributed by atoms with Crippen molar-refractivity contribution in [3.8, 4) is 11.1 Å². The molecule has 0 spiro atoms. The Morgan fingerprint density at radius 1 is 1.09 bits per heavy atom. The quantitative estimate of drug-likeness (QED) is 0.569. The topological polar surface area (TPSA) is 19.0 Å². The van der Waals surface area contributed by atoms with Crippen LogP contribution in [0.15, 0.2) is 36.4 Å². The van der Waals surface area contributed by atoms with Crippen molar-refractivity contribution in [2.45, 2.75) is 27.2 Å². The van der Waals surface area contributed by atoms with E-state index in [1.807, 2.05) is 0 Å². The molecule has 0 bridgehead atoms. The van der Waals surface area contributed by atoms with Gasteiger partial charge >= 0.3 is 0 Å². The van der Waals surface area contributed by atoms with Gasteiger partial charge in [0, 0.05) is 47.4 Å². The summed E-state index contributed by atoms with van der Waals surface area (Å²) in [6.45, 7) is 8.80. The van der Waals surface area contributed by atoms with Crippen molar-refractivity contribution in [2.24, 2.45) is 0 Å². The summed E-state index contributed by atoms with van der Waals surface area (Å²) in [5, 5.41) is 1.35. The highest BCUT2D eigenvalue weighted by atomic mass is 15.1. The van der Waals surface area contributed by atoms with E-state index in [2.05, 4.69) is 67.1 Å². The maximum absolute atomic E-state index is 3.61. The van der Waals surface area contributed by atoms with E-state index < -0.39 is 0 Å². The Kier molecular flexibility index (Phi) is 3.00. The summed E-state index contributed by atoms with van der Waals surface area (Å²) in [6, 6.07) is 13.4. The second kappa shape index (κ2) is 4.91. The number of nitrogens with one attached hydrogen (secondary N) is 1. The summed E-state index contributed by atoms with van der Waals surface area (Å²) in [5.41, 5.74) is 9.72. The van der Waals surface area contributed by atoms with E-state index in [0.717, 1.165) is 19.5 Å². The third-order valence-corrected chi connectivity index (χ3v) is 4.99. The van der Waals surface area contributed by atoms with Gasteiger partial charge in [-0.2, -0.15) is 0 Å². The summed E-state index contributed by atoms with van der Waals surface area (Å²) >= 11 is 0. The highest BCUT2D eigenvalue weighted by Crippen LogP contribution is 2.44. The molecule has 1 aromatic heterocycles. The number of fused-ring (bicyclic) bond motifs is 5. The SMILES string of the molecule is CCN(CC)c1cc(C)c2c(c1)-c1c([nH]c3ccccc13)C2. The van der Waals surface area contributed by atoms with Gasteiger partial charge in [0.15, 0.2) is 0 Å². The highest BCUT2D eigenvalue weighted by molar-refractivity contribution is 6.01. The van der Waals surface area contributed by atoms with E-state index in [1.165, 1.54) is 44.5 Å². The number of aromatic amines is 1. The van der Waals surface area contributed by atoms with E-state index in [-0.39, 0.29) is 0 Å². The lowest BCUT2D eigenvalue weighted by atomic mass is 9.99. The van der Waals surface area contributed by atoms with E-state index in [0.29, 0.717) is 0 Å². The molecule has 0 unspecified atom stereocenters. The fourth-order valence-corrected chi connectivity index (χ4v) is 3.84. The van der Waals surface area contributed by atoms with E-state index in [9.17, 15) is 0 Å². The third-order valence-electron chi connectivity index (χ3n) is 4.99. The minimum absolute atomic E-state index is 1.03. The van der Waals surface area contributed by atoms with Crippen molar-refractivity contribution in [1.29, 1.82) is 0 Å². The molecule has 4 rings (SSSR count). The molecule has 3 aromatic rings.